The second kappa shape index (κ2) is 10.2. The molecule has 0 aromatic heterocycles. The van der Waals surface area contributed by atoms with Crippen molar-refractivity contribution in [3.05, 3.63) is 96.1 Å². The zero-order valence-electron chi connectivity index (χ0n) is 16.5. The second-order valence-electron chi connectivity index (χ2n) is 6.77. The van der Waals surface area contributed by atoms with E-state index in [2.05, 4.69) is 16.2 Å². The Morgan fingerprint density at radius 3 is 1.84 bits per heavy atom. The smallest absolute Gasteiger partial charge is 0.239 e. The van der Waals surface area contributed by atoms with Gasteiger partial charge in [-0.25, -0.2) is 13.6 Å². The van der Waals surface area contributed by atoms with Gasteiger partial charge >= 0.3 is 0 Å². The average molecular weight is 455 g/mol. The zero-order chi connectivity index (χ0) is 22.3. The van der Waals surface area contributed by atoms with Crippen LogP contribution in [0.2, 0.25) is 0 Å². The summed E-state index contributed by atoms with van der Waals surface area (Å²) in [6.07, 6.45) is 0.229. The number of hydrazine groups is 1. The lowest BCUT2D eigenvalue weighted by Gasteiger charge is -2.18. The molecule has 5 N–H and O–H groups in total. The number of carbonyl (C=O) groups excluding carboxylic acids is 1. The summed E-state index contributed by atoms with van der Waals surface area (Å²) in [7, 11) is -3.76. The molecule has 0 radical (unpaired) electrons. The molecule has 0 aliphatic heterocycles. The van der Waals surface area contributed by atoms with Gasteiger partial charge in [-0.15, -0.1) is 0 Å². The van der Waals surface area contributed by atoms with Gasteiger partial charge < -0.3 is 5.32 Å². The summed E-state index contributed by atoms with van der Waals surface area (Å²) in [5.41, 5.74) is 7.89. The molecule has 0 unspecified atom stereocenters. The number of rotatable bonds is 6. The summed E-state index contributed by atoms with van der Waals surface area (Å²) in [4.78, 5) is 12.6. The van der Waals surface area contributed by atoms with Crippen molar-refractivity contribution in [3.63, 3.8) is 0 Å². The van der Waals surface area contributed by atoms with Crippen molar-refractivity contribution in [2.75, 3.05) is 5.32 Å². The molecule has 160 valence electrons. The summed E-state index contributed by atoms with van der Waals surface area (Å²) >= 11 is 5.18. The summed E-state index contributed by atoms with van der Waals surface area (Å²) in [6, 6.07) is 25.4. The normalized spacial score (nSPS) is 11.0. The van der Waals surface area contributed by atoms with E-state index in [1.807, 2.05) is 60.7 Å². The molecule has 1 amide bonds. The summed E-state index contributed by atoms with van der Waals surface area (Å²) in [5, 5.41) is 8.10. The lowest BCUT2D eigenvalue weighted by molar-refractivity contribution is -0.121. The van der Waals surface area contributed by atoms with E-state index >= 15 is 0 Å². The van der Waals surface area contributed by atoms with Crippen LogP contribution < -0.4 is 21.3 Å². The molecule has 3 aromatic carbocycles. The van der Waals surface area contributed by atoms with Gasteiger partial charge in [-0.2, -0.15) is 0 Å². The van der Waals surface area contributed by atoms with Crippen molar-refractivity contribution in [3.8, 4) is 0 Å². The van der Waals surface area contributed by atoms with E-state index in [0.717, 1.165) is 11.1 Å². The van der Waals surface area contributed by atoms with Gasteiger partial charge in [0.05, 0.1) is 4.90 Å². The molecule has 3 aromatic rings. The van der Waals surface area contributed by atoms with Crippen LogP contribution in [-0.4, -0.2) is 19.4 Å². The molecular formula is C22H22N4O3S2. The number of hydrogen-bond donors (Lipinski definition) is 4. The van der Waals surface area contributed by atoms with E-state index < -0.39 is 10.0 Å². The van der Waals surface area contributed by atoms with E-state index in [4.69, 9.17) is 17.4 Å². The number of thiocarbonyl (C=S) groups is 1. The third-order valence-corrected chi connectivity index (χ3v) is 5.68. The average Bonchev–Trinajstić information content (AvgIpc) is 2.77. The number of benzene rings is 3. The molecule has 0 atom stereocenters. The van der Waals surface area contributed by atoms with Crippen LogP contribution in [0.15, 0.2) is 89.8 Å². The first kappa shape index (κ1) is 22.4. The standard InChI is InChI=1S/C22H22N4O3S2/c23-31(28,29)19-13-11-18(12-14-19)24-22(30)26-25-21(27)15-20(16-7-3-1-4-8-16)17-9-5-2-6-10-17/h1-14,20H,15H2,(H,25,27)(H2,23,28,29)(H2,24,26,30). The maximum Gasteiger partial charge on any atom is 0.239 e. The molecule has 0 fully saturated rings. The Kier molecular flexibility index (Phi) is 7.35. The van der Waals surface area contributed by atoms with Crippen LogP contribution in [-0.2, 0) is 14.8 Å². The van der Waals surface area contributed by atoms with Gasteiger partial charge in [0.15, 0.2) is 5.11 Å². The van der Waals surface area contributed by atoms with Gasteiger partial charge in [0.25, 0.3) is 0 Å². The molecule has 31 heavy (non-hydrogen) atoms. The number of primary sulfonamides is 1. The minimum atomic E-state index is -3.76. The highest BCUT2D eigenvalue weighted by molar-refractivity contribution is 7.89. The SMILES string of the molecule is NS(=O)(=O)c1ccc(NC(=S)NNC(=O)CC(c2ccccc2)c2ccccc2)cc1. The highest BCUT2D eigenvalue weighted by atomic mass is 32.2. The number of hydrogen-bond acceptors (Lipinski definition) is 4. The first-order chi connectivity index (χ1) is 14.8. The summed E-state index contributed by atoms with van der Waals surface area (Å²) < 4.78 is 22.6. The van der Waals surface area contributed by atoms with Crippen LogP contribution >= 0.6 is 12.2 Å². The second-order valence-corrected chi connectivity index (χ2v) is 8.74. The third kappa shape index (κ3) is 6.61. The van der Waals surface area contributed by atoms with Gasteiger partial charge in [0.1, 0.15) is 0 Å². The minimum absolute atomic E-state index is 0.00176. The Balaban J connectivity index is 1.58. The topological polar surface area (TPSA) is 113 Å². The summed E-state index contributed by atoms with van der Waals surface area (Å²) in [5.74, 6) is -0.331. The monoisotopic (exact) mass is 454 g/mol. The predicted octanol–water partition coefficient (Wildman–Crippen LogP) is 2.87. The first-order valence-corrected chi connectivity index (χ1v) is 11.4. The lowest BCUT2D eigenvalue weighted by Crippen LogP contribution is -2.44. The van der Waals surface area contributed by atoms with Crippen LogP contribution in [0.1, 0.15) is 23.5 Å². The minimum Gasteiger partial charge on any atom is -0.331 e. The Hall–Kier alpha value is -3.27. The summed E-state index contributed by atoms with van der Waals surface area (Å²) in [6.45, 7) is 0. The maximum atomic E-state index is 12.6. The van der Waals surface area contributed by atoms with Gasteiger partial charge in [-0.1, -0.05) is 60.7 Å². The molecule has 0 spiro atoms. The van der Waals surface area contributed by atoms with E-state index in [9.17, 15) is 13.2 Å². The fourth-order valence-corrected chi connectivity index (χ4v) is 3.74. The quantitative estimate of drug-likeness (QED) is 0.336. The number of nitrogens with two attached hydrogens (primary N) is 1. The Morgan fingerprint density at radius 2 is 1.35 bits per heavy atom. The maximum absolute atomic E-state index is 12.6. The molecule has 7 nitrogen and oxygen atoms in total. The van der Waals surface area contributed by atoms with Crippen molar-refractivity contribution in [1.29, 1.82) is 0 Å². The van der Waals surface area contributed by atoms with Crippen molar-refractivity contribution < 1.29 is 13.2 Å². The largest absolute Gasteiger partial charge is 0.331 e. The number of carbonyl (C=O) groups is 1. The fraction of sp³-hybridized carbons (Fsp3) is 0.0909. The Morgan fingerprint density at radius 1 is 0.839 bits per heavy atom. The highest BCUT2D eigenvalue weighted by Gasteiger charge is 2.18. The van der Waals surface area contributed by atoms with Crippen LogP contribution in [0.4, 0.5) is 5.69 Å². The van der Waals surface area contributed by atoms with Gasteiger partial charge in [0, 0.05) is 18.0 Å². The van der Waals surface area contributed by atoms with Gasteiger partial charge in [-0.05, 0) is 47.6 Å². The molecule has 0 saturated carbocycles. The molecule has 3 rings (SSSR count). The van der Waals surface area contributed by atoms with E-state index in [1.165, 1.54) is 24.3 Å². The molecule has 0 saturated heterocycles. The fourth-order valence-electron chi connectivity index (χ4n) is 3.05. The van der Waals surface area contributed by atoms with Crippen molar-refractivity contribution in [2.45, 2.75) is 17.2 Å². The van der Waals surface area contributed by atoms with Crippen LogP contribution in [0, 0.1) is 0 Å². The number of sulfonamides is 1. The first-order valence-electron chi connectivity index (χ1n) is 9.41. The number of amides is 1. The van der Waals surface area contributed by atoms with E-state index in [0.29, 0.717) is 5.69 Å². The van der Waals surface area contributed by atoms with Crippen molar-refractivity contribution >= 4 is 38.9 Å². The van der Waals surface area contributed by atoms with Gasteiger partial charge in [0.2, 0.25) is 15.9 Å². The van der Waals surface area contributed by atoms with E-state index in [1.54, 1.807) is 0 Å². The predicted molar refractivity (Wildman–Crippen MR) is 125 cm³/mol. The zero-order valence-corrected chi connectivity index (χ0v) is 18.1. The van der Waals surface area contributed by atoms with Crippen LogP contribution in [0.25, 0.3) is 0 Å². The molecule has 0 heterocycles. The third-order valence-electron chi connectivity index (χ3n) is 4.55. The number of anilines is 1. The van der Waals surface area contributed by atoms with Crippen LogP contribution in [0.5, 0.6) is 0 Å². The molecule has 9 heteroatoms. The van der Waals surface area contributed by atoms with Crippen molar-refractivity contribution in [1.82, 2.24) is 10.9 Å². The molecule has 0 aliphatic carbocycles. The van der Waals surface area contributed by atoms with Crippen molar-refractivity contribution in [2.24, 2.45) is 5.14 Å². The number of nitrogens with one attached hydrogen (secondary N) is 3. The highest BCUT2D eigenvalue weighted by Crippen LogP contribution is 2.27. The Bertz CT molecular complexity index is 1100. The molecule has 0 bridgehead atoms. The van der Waals surface area contributed by atoms with Crippen LogP contribution in [0.3, 0.4) is 0 Å². The van der Waals surface area contributed by atoms with Gasteiger partial charge in [-0.3, -0.25) is 15.6 Å². The molecular weight excluding hydrogens is 432 g/mol. The molecule has 0 aliphatic rings. The Labute approximate surface area is 186 Å². The lowest BCUT2D eigenvalue weighted by atomic mass is 9.88. The van der Waals surface area contributed by atoms with E-state index in [-0.39, 0.29) is 28.3 Å².